The number of nitrogens with one attached hydrogen (secondary N) is 2. The number of fused-ring (bicyclic) bond motifs is 5. The molecule has 18 heavy (non-hydrogen) atoms. The average Bonchev–Trinajstić information content (AvgIpc) is 2.91. The number of aromatic amines is 2. The first-order valence-corrected chi connectivity index (χ1v) is 6.47. The molecule has 90 valence electrons. The highest BCUT2D eigenvalue weighted by Gasteiger charge is 2.20. The van der Waals surface area contributed by atoms with Crippen molar-refractivity contribution in [2.75, 3.05) is 0 Å². The Morgan fingerprint density at radius 1 is 1.17 bits per heavy atom. The highest BCUT2D eigenvalue weighted by atomic mass is 15.1. The summed E-state index contributed by atoms with van der Waals surface area (Å²) in [7, 11) is 0. The first kappa shape index (κ1) is 9.95. The lowest BCUT2D eigenvalue weighted by molar-refractivity contribution is 0.838. The zero-order valence-corrected chi connectivity index (χ0v) is 10.4. The van der Waals surface area contributed by atoms with Crippen LogP contribution in [0.2, 0.25) is 0 Å². The van der Waals surface area contributed by atoms with Crippen LogP contribution in [0.5, 0.6) is 0 Å². The number of hydrogen-bond acceptors (Lipinski definition) is 1. The van der Waals surface area contributed by atoms with Gasteiger partial charge in [-0.2, -0.15) is 5.10 Å². The first-order valence-electron chi connectivity index (χ1n) is 6.47. The molecule has 1 aliphatic carbocycles. The molecule has 4 rings (SSSR count). The number of hydrogen-bond donors (Lipinski definition) is 2. The van der Waals surface area contributed by atoms with Crippen LogP contribution in [-0.4, -0.2) is 15.2 Å². The summed E-state index contributed by atoms with van der Waals surface area (Å²) >= 11 is 0. The van der Waals surface area contributed by atoms with Crippen LogP contribution in [0.3, 0.4) is 0 Å². The Hall–Kier alpha value is -2.03. The van der Waals surface area contributed by atoms with Crippen LogP contribution < -0.4 is 0 Å². The van der Waals surface area contributed by atoms with Crippen molar-refractivity contribution in [3.63, 3.8) is 0 Å². The third-order valence-corrected chi connectivity index (χ3v) is 3.90. The molecule has 2 aromatic heterocycles. The Balaban J connectivity index is 2.08. The Labute approximate surface area is 105 Å². The van der Waals surface area contributed by atoms with Crippen molar-refractivity contribution in [2.45, 2.75) is 26.2 Å². The largest absolute Gasteiger partial charge is 0.353 e. The first-order chi connectivity index (χ1) is 8.83. The van der Waals surface area contributed by atoms with Gasteiger partial charge in [-0.25, -0.2) is 0 Å². The van der Waals surface area contributed by atoms with E-state index in [2.05, 4.69) is 40.3 Å². The molecule has 0 saturated heterocycles. The minimum Gasteiger partial charge on any atom is -0.353 e. The second-order valence-corrected chi connectivity index (χ2v) is 5.15. The van der Waals surface area contributed by atoms with Crippen LogP contribution in [0.25, 0.3) is 22.3 Å². The van der Waals surface area contributed by atoms with Crippen LogP contribution in [0.4, 0.5) is 0 Å². The van der Waals surface area contributed by atoms with Gasteiger partial charge < -0.3 is 4.98 Å². The summed E-state index contributed by atoms with van der Waals surface area (Å²) in [6.07, 6.45) is 5.41. The van der Waals surface area contributed by atoms with E-state index in [-0.39, 0.29) is 0 Å². The molecule has 0 spiro atoms. The number of aromatic nitrogens is 3. The lowest BCUT2D eigenvalue weighted by atomic mass is 10.0. The van der Waals surface area contributed by atoms with Gasteiger partial charge in [0.25, 0.3) is 0 Å². The van der Waals surface area contributed by atoms with Crippen molar-refractivity contribution in [3.8, 4) is 11.4 Å². The molecule has 0 unspecified atom stereocenters. The Morgan fingerprint density at radius 3 is 3.06 bits per heavy atom. The van der Waals surface area contributed by atoms with Gasteiger partial charge in [-0.1, -0.05) is 11.6 Å². The van der Waals surface area contributed by atoms with Gasteiger partial charge in [-0.3, -0.25) is 5.10 Å². The zero-order valence-electron chi connectivity index (χ0n) is 10.4. The van der Waals surface area contributed by atoms with E-state index in [1.165, 1.54) is 45.4 Å². The topological polar surface area (TPSA) is 44.5 Å². The van der Waals surface area contributed by atoms with Gasteiger partial charge in [0, 0.05) is 10.9 Å². The Kier molecular flexibility index (Phi) is 1.92. The highest BCUT2D eigenvalue weighted by Crippen LogP contribution is 2.35. The molecule has 0 aliphatic heterocycles. The second kappa shape index (κ2) is 3.48. The summed E-state index contributed by atoms with van der Waals surface area (Å²) < 4.78 is 0. The summed E-state index contributed by atoms with van der Waals surface area (Å²) in [5.41, 5.74) is 7.73. The maximum atomic E-state index is 4.19. The number of benzene rings is 1. The molecule has 0 amide bonds. The van der Waals surface area contributed by atoms with Gasteiger partial charge in [0.05, 0.1) is 17.6 Å². The van der Waals surface area contributed by atoms with Gasteiger partial charge in [0.15, 0.2) is 0 Å². The Bertz CT molecular complexity index is 733. The molecule has 1 aromatic carbocycles. The van der Waals surface area contributed by atoms with E-state index in [4.69, 9.17) is 0 Å². The maximum Gasteiger partial charge on any atom is 0.0847 e. The van der Waals surface area contributed by atoms with Gasteiger partial charge in [-0.15, -0.1) is 0 Å². The van der Waals surface area contributed by atoms with E-state index in [9.17, 15) is 0 Å². The molecule has 0 radical (unpaired) electrons. The highest BCUT2D eigenvalue weighted by molar-refractivity contribution is 5.91. The molecule has 3 aromatic rings. The molecular weight excluding hydrogens is 222 g/mol. The van der Waals surface area contributed by atoms with Gasteiger partial charge >= 0.3 is 0 Å². The molecular formula is C15H15N3. The molecule has 1 aliphatic rings. The normalized spacial score (nSPS) is 14.3. The number of rotatable bonds is 0. The van der Waals surface area contributed by atoms with Crippen molar-refractivity contribution >= 4 is 10.9 Å². The van der Waals surface area contributed by atoms with Crippen LogP contribution in [0.1, 0.15) is 23.1 Å². The summed E-state index contributed by atoms with van der Waals surface area (Å²) in [6.45, 7) is 2.15. The second-order valence-electron chi connectivity index (χ2n) is 5.15. The maximum absolute atomic E-state index is 4.19. The molecule has 0 bridgehead atoms. The third-order valence-electron chi connectivity index (χ3n) is 3.90. The SMILES string of the molecule is Cc1ccc2[nH]c3c(c2c1)CCCc1cn[nH]c1-3. The van der Waals surface area contributed by atoms with Crippen LogP contribution in [0.15, 0.2) is 24.4 Å². The fraction of sp³-hybridized carbons (Fsp3) is 0.267. The van der Waals surface area contributed by atoms with Crippen molar-refractivity contribution in [1.29, 1.82) is 0 Å². The predicted molar refractivity (Wildman–Crippen MR) is 72.6 cm³/mol. The quantitative estimate of drug-likeness (QED) is 0.618. The zero-order chi connectivity index (χ0) is 12.1. The van der Waals surface area contributed by atoms with E-state index in [1.54, 1.807) is 0 Å². The molecule has 3 heteroatoms. The van der Waals surface area contributed by atoms with Gasteiger partial charge in [0.2, 0.25) is 0 Å². The van der Waals surface area contributed by atoms with Gasteiger partial charge in [0.1, 0.15) is 0 Å². The van der Waals surface area contributed by atoms with Crippen LogP contribution in [0, 0.1) is 6.92 Å². The summed E-state index contributed by atoms with van der Waals surface area (Å²) in [5, 5.41) is 8.70. The molecule has 0 fully saturated rings. The fourth-order valence-electron chi connectivity index (χ4n) is 3.01. The molecule has 0 saturated carbocycles. The van der Waals surface area contributed by atoms with E-state index in [1.807, 2.05) is 6.20 Å². The number of H-pyrrole nitrogens is 2. The fourth-order valence-corrected chi connectivity index (χ4v) is 3.01. The van der Waals surface area contributed by atoms with Crippen molar-refractivity contribution in [3.05, 3.63) is 41.1 Å². The molecule has 2 heterocycles. The van der Waals surface area contributed by atoms with E-state index in [0.717, 1.165) is 12.8 Å². The minimum absolute atomic E-state index is 1.11. The number of nitrogens with zero attached hydrogens (tertiary/aromatic N) is 1. The van der Waals surface area contributed by atoms with E-state index < -0.39 is 0 Å². The van der Waals surface area contributed by atoms with E-state index in [0.29, 0.717) is 0 Å². The molecule has 0 atom stereocenters. The van der Waals surface area contributed by atoms with Crippen LogP contribution in [-0.2, 0) is 12.8 Å². The summed E-state index contributed by atoms with van der Waals surface area (Å²) in [4.78, 5) is 3.55. The van der Waals surface area contributed by atoms with Crippen molar-refractivity contribution in [1.82, 2.24) is 15.2 Å². The average molecular weight is 237 g/mol. The van der Waals surface area contributed by atoms with E-state index >= 15 is 0 Å². The summed E-state index contributed by atoms with van der Waals surface area (Å²) in [5.74, 6) is 0. The Morgan fingerprint density at radius 2 is 2.11 bits per heavy atom. The van der Waals surface area contributed by atoms with Crippen molar-refractivity contribution in [2.24, 2.45) is 0 Å². The lowest BCUT2D eigenvalue weighted by Crippen LogP contribution is -1.85. The standard InChI is InChI=1S/C15H15N3/c1-9-5-6-13-12(7-9)11-4-2-3-10-8-16-18-14(10)15(11)17-13/h5-8,17H,2-4H2,1H3,(H,16,18). The monoisotopic (exact) mass is 237 g/mol. The third kappa shape index (κ3) is 1.27. The van der Waals surface area contributed by atoms with Crippen molar-refractivity contribution < 1.29 is 0 Å². The minimum atomic E-state index is 1.11. The molecule has 2 N–H and O–H groups in total. The number of aryl methyl sites for hydroxylation is 3. The lowest BCUT2D eigenvalue weighted by Gasteiger charge is -1.99. The summed E-state index contributed by atoms with van der Waals surface area (Å²) in [6, 6.07) is 6.62. The van der Waals surface area contributed by atoms with Crippen LogP contribution >= 0.6 is 0 Å². The predicted octanol–water partition coefficient (Wildman–Crippen LogP) is 3.36. The van der Waals surface area contributed by atoms with Gasteiger partial charge in [-0.05, 0) is 49.4 Å². The smallest absolute Gasteiger partial charge is 0.0847 e. The molecule has 3 nitrogen and oxygen atoms in total.